The first-order chi connectivity index (χ1) is 7.66. The van der Waals surface area contributed by atoms with Gasteiger partial charge in [0.05, 0.1) is 0 Å². The first-order valence-electron chi connectivity index (χ1n) is 4.92. The monoisotopic (exact) mass is 212 g/mol. The highest BCUT2D eigenvalue weighted by Crippen LogP contribution is 2.13. The van der Waals surface area contributed by atoms with Gasteiger partial charge < -0.3 is 11.5 Å². The fourth-order valence-corrected chi connectivity index (χ4v) is 1.44. The van der Waals surface area contributed by atoms with Gasteiger partial charge >= 0.3 is 0 Å². The average Bonchev–Trinajstić information content (AvgIpc) is 2.30. The Kier molecular flexibility index (Phi) is 2.60. The minimum absolute atomic E-state index is 0.0278. The Morgan fingerprint density at radius 1 is 0.688 bits per heavy atom. The van der Waals surface area contributed by atoms with E-state index in [-0.39, 0.29) is 5.78 Å². The summed E-state index contributed by atoms with van der Waals surface area (Å²) in [4.78, 5) is 12.0. The van der Waals surface area contributed by atoms with Gasteiger partial charge in [-0.15, -0.1) is 0 Å². The van der Waals surface area contributed by atoms with Crippen LogP contribution in [0.15, 0.2) is 48.5 Å². The number of carbonyl (C=O) groups is 1. The zero-order valence-electron chi connectivity index (χ0n) is 8.68. The van der Waals surface area contributed by atoms with Crippen LogP contribution in [0.5, 0.6) is 0 Å². The maximum absolute atomic E-state index is 12.0. The van der Waals surface area contributed by atoms with Crippen LogP contribution in [0.2, 0.25) is 0 Å². The maximum Gasteiger partial charge on any atom is 0.193 e. The summed E-state index contributed by atoms with van der Waals surface area (Å²) in [6, 6.07) is 13.7. The highest BCUT2D eigenvalue weighted by atomic mass is 16.1. The standard InChI is InChI=1S/C13H12N2O/c14-11-5-1-9(2-6-11)13(16)10-3-7-12(15)8-4-10/h1-8H,14-15H2. The van der Waals surface area contributed by atoms with Crippen LogP contribution in [-0.4, -0.2) is 5.78 Å². The molecule has 0 amide bonds. The maximum atomic E-state index is 12.0. The minimum Gasteiger partial charge on any atom is -0.399 e. The number of nitrogen functional groups attached to an aromatic ring is 2. The molecule has 0 spiro atoms. The van der Waals surface area contributed by atoms with E-state index in [1.54, 1.807) is 48.5 Å². The molecule has 0 aliphatic heterocycles. The minimum atomic E-state index is -0.0278. The summed E-state index contributed by atoms with van der Waals surface area (Å²) in [6.45, 7) is 0. The van der Waals surface area contributed by atoms with Crippen molar-refractivity contribution in [2.75, 3.05) is 11.5 Å². The second kappa shape index (κ2) is 4.06. The van der Waals surface area contributed by atoms with Crippen molar-refractivity contribution in [3.05, 3.63) is 59.7 Å². The molecule has 0 saturated carbocycles. The van der Waals surface area contributed by atoms with E-state index in [0.29, 0.717) is 22.5 Å². The van der Waals surface area contributed by atoms with Crippen LogP contribution >= 0.6 is 0 Å². The van der Waals surface area contributed by atoms with E-state index in [1.165, 1.54) is 0 Å². The molecule has 0 aliphatic rings. The molecule has 0 radical (unpaired) electrons. The molecule has 3 nitrogen and oxygen atoms in total. The molecule has 0 aliphatic carbocycles. The van der Waals surface area contributed by atoms with Crippen molar-refractivity contribution in [2.45, 2.75) is 0 Å². The topological polar surface area (TPSA) is 69.1 Å². The lowest BCUT2D eigenvalue weighted by Crippen LogP contribution is -2.01. The third-order valence-corrected chi connectivity index (χ3v) is 2.35. The molecule has 0 bridgehead atoms. The van der Waals surface area contributed by atoms with Gasteiger partial charge in [-0.05, 0) is 48.5 Å². The Morgan fingerprint density at radius 2 is 1.00 bits per heavy atom. The Labute approximate surface area is 93.7 Å². The molecule has 80 valence electrons. The molecule has 4 N–H and O–H groups in total. The Balaban J connectivity index is 2.32. The van der Waals surface area contributed by atoms with Crippen molar-refractivity contribution >= 4 is 17.2 Å². The zero-order valence-corrected chi connectivity index (χ0v) is 8.68. The van der Waals surface area contributed by atoms with Crippen LogP contribution in [0.4, 0.5) is 11.4 Å². The van der Waals surface area contributed by atoms with Crippen LogP contribution in [0.25, 0.3) is 0 Å². The largest absolute Gasteiger partial charge is 0.399 e. The van der Waals surface area contributed by atoms with Crippen LogP contribution in [0.1, 0.15) is 15.9 Å². The van der Waals surface area contributed by atoms with Crippen LogP contribution in [0.3, 0.4) is 0 Å². The lowest BCUT2D eigenvalue weighted by atomic mass is 10.0. The van der Waals surface area contributed by atoms with E-state index in [0.717, 1.165) is 0 Å². The number of nitrogens with two attached hydrogens (primary N) is 2. The van der Waals surface area contributed by atoms with Gasteiger partial charge in [0, 0.05) is 22.5 Å². The SMILES string of the molecule is Nc1ccc(C(=O)c2ccc(N)cc2)cc1. The third kappa shape index (κ3) is 2.03. The number of anilines is 2. The van der Waals surface area contributed by atoms with Crippen molar-refractivity contribution in [2.24, 2.45) is 0 Å². The lowest BCUT2D eigenvalue weighted by Gasteiger charge is -2.02. The normalized spacial score (nSPS) is 10.0. The molecule has 3 heteroatoms. The lowest BCUT2D eigenvalue weighted by molar-refractivity contribution is 0.103. The van der Waals surface area contributed by atoms with Crippen molar-refractivity contribution in [3.8, 4) is 0 Å². The third-order valence-electron chi connectivity index (χ3n) is 2.35. The van der Waals surface area contributed by atoms with Crippen molar-refractivity contribution < 1.29 is 4.79 Å². The summed E-state index contributed by atoms with van der Waals surface area (Å²) in [5.74, 6) is -0.0278. The highest BCUT2D eigenvalue weighted by molar-refractivity contribution is 6.09. The molecule has 0 saturated heterocycles. The van der Waals surface area contributed by atoms with E-state index in [9.17, 15) is 4.79 Å². The summed E-state index contributed by atoms with van der Waals surface area (Å²) in [7, 11) is 0. The second-order valence-electron chi connectivity index (χ2n) is 3.57. The number of rotatable bonds is 2. The summed E-state index contributed by atoms with van der Waals surface area (Å²) < 4.78 is 0. The fraction of sp³-hybridized carbons (Fsp3) is 0. The molecule has 2 aromatic carbocycles. The quantitative estimate of drug-likeness (QED) is 0.591. The van der Waals surface area contributed by atoms with E-state index in [4.69, 9.17) is 11.5 Å². The molecule has 2 rings (SSSR count). The zero-order chi connectivity index (χ0) is 11.5. The van der Waals surface area contributed by atoms with Crippen LogP contribution < -0.4 is 11.5 Å². The second-order valence-corrected chi connectivity index (χ2v) is 3.57. The van der Waals surface area contributed by atoms with E-state index in [2.05, 4.69) is 0 Å². The van der Waals surface area contributed by atoms with Gasteiger partial charge in [0.25, 0.3) is 0 Å². The first kappa shape index (κ1) is 10.2. The summed E-state index contributed by atoms with van der Waals surface area (Å²) >= 11 is 0. The fourth-order valence-electron chi connectivity index (χ4n) is 1.44. The molecule has 0 fully saturated rings. The van der Waals surface area contributed by atoms with Gasteiger partial charge in [-0.2, -0.15) is 0 Å². The molecule has 16 heavy (non-hydrogen) atoms. The van der Waals surface area contributed by atoms with Gasteiger partial charge in [0.2, 0.25) is 0 Å². The molecular formula is C13H12N2O. The van der Waals surface area contributed by atoms with Crippen molar-refractivity contribution in [3.63, 3.8) is 0 Å². The van der Waals surface area contributed by atoms with Crippen LogP contribution in [-0.2, 0) is 0 Å². The Hall–Kier alpha value is -2.29. The van der Waals surface area contributed by atoms with Gasteiger partial charge in [-0.3, -0.25) is 4.79 Å². The molecule has 0 aromatic heterocycles. The number of ketones is 1. The predicted molar refractivity (Wildman–Crippen MR) is 65.1 cm³/mol. The molecule has 0 heterocycles. The number of hydrogen-bond donors (Lipinski definition) is 2. The number of carbonyl (C=O) groups excluding carboxylic acids is 1. The molecule has 0 atom stereocenters. The Bertz CT molecular complexity index is 453. The summed E-state index contributed by atoms with van der Waals surface area (Å²) in [6.07, 6.45) is 0. The smallest absolute Gasteiger partial charge is 0.193 e. The average molecular weight is 212 g/mol. The molecule has 0 unspecified atom stereocenters. The van der Waals surface area contributed by atoms with Gasteiger partial charge in [0.15, 0.2) is 5.78 Å². The molecule has 2 aromatic rings. The highest BCUT2D eigenvalue weighted by Gasteiger charge is 2.07. The van der Waals surface area contributed by atoms with Gasteiger partial charge in [0.1, 0.15) is 0 Å². The molecular weight excluding hydrogens is 200 g/mol. The predicted octanol–water partition coefficient (Wildman–Crippen LogP) is 2.08. The van der Waals surface area contributed by atoms with E-state index >= 15 is 0 Å². The van der Waals surface area contributed by atoms with E-state index in [1.807, 2.05) is 0 Å². The van der Waals surface area contributed by atoms with Crippen molar-refractivity contribution in [1.82, 2.24) is 0 Å². The van der Waals surface area contributed by atoms with Gasteiger partial charge in [-0.1, -0.05) is 0 Å². The summed E-state index contributed by atoms with van der Waals surface area (Å²) in [5.41, 5.74) is 13.7. The number of hydrogen-bond acceptors (Lipinski definition) is 3. The van der Waals surface area contributed by atoms with Crippen LogP contribution in [0, 0.1) is 0 Å². The number of benzene rings is 2. The first-order valence-corrected chi connectivity index (χ1v) is 4.92. The van der Waals surface area contributed by atoms with Gasteiger partial charge in [-0.25, -0.2) is 0 Å². The Morgan fingerprint density at radius 3 is 1.31 bits per heavy atom. The van der Waals surface area contributed by atoms with Crippen molar-refractivity contribution in [1.29, 1.82) is 0 Å². The summed E-state index contributed by atoms with van der Waals surface area (Å²) in [5, 5.41) is 0. The van der Waals surface area contributed by atoms with E-state index < -0.39 is 0 Å².